The van der Waals surface area contributed by atoms with Crippen LogP contribution in [0.1, 0.15) is 17.2 Å². The molecule has 0 bridgehead atoms. The Hall–Kier alpha value is -0.620. The van der Waals surface area contributed by atoms with Gasteiger partial charge in [-0.15, -0.1) is 0 Å². The number of nitrogens with one attached hydrogen (secondary N) is 1. The second kappa shape index (κ2) is 6.52. The summed E-state index contributed by atoms with van der Waals surface area (Å²) in [6.07, 6.45) is 0.841. The lowest BCUT2D eigenvalue weighted by Gasteiger charge is -2.16. The van der Waals surface area contributed by atoms with Crippen molar-refractivity contribution in [3.63, 3.8) is 0 Å². The second-order valence-corrected chi connectivity index (χ2v) is 5.79. The monoisotopic (exact) mass is 372 g/mol. The predicted molar refractivity (Wildman–Crippen MR) is 84.4 cm³/mol. The van der Waals surface area contributed by atoms with Crippen molar-refractivity contribution in [2.45, 2.75) is 12.5 Å². The molecule has 4 heteroatoms. The van der Waals surface area contributed by atoms with Crippen molar-refractivity contribution in [1.29, 1.82) is 0 Å². The van der Waals surface area contributed by atoms with Gasteiger partial charge in [0.25, 0.3) is 0 Å². The van der Waals surface area contributed by atoms with Crippen molar-refractivity contribution >= 4 is 34.2 Å². The topological polar surface area (TPSA) is 38.0 Å². The van der Waals surface area contributed by atoms with E-state index in [1.165, 1.54) is 9.13 Å². The first-order valence-electron chi connectivity index (χ1n) is 5.65. The van der Waals surface area contributed by atoms with Crippen LogP contribution in [0.3, 0.4) is 0 Å². The average Bonchev–Trinajstić information content (AvgIpc) is 2.38. The minimum atomic E-state index is 0.0729. The Balaban J connectivity index is 2.17. The summed E-state index contributed by atoms with van der Waals surface area (Å²) in [5, 5.41) is 0.732. The Kier molecular flexibility index (Phi) is 5.00. The summed E-state index contributed by atoms with van der Waals surface area (Å²) in [6.45, 7) is 0. The van der Waals surface area contributed by atoms with Gasteiger partial charge in [0.1, 0.15) is 0 Å². The first kappa shape index (κ1) is 13.8. The first-order valence-corrected chi connectivity index (χ1v) is 7.11. The number of nitrogens with two attached hydrogens (primary N) is 1. The van der Waals surface area contributed by atoms with E-state index < -0.39 is 0 Å². The van der Waals surface area contributed by atoms with Crippen molar-refractivity contribution in [2.24, 2.45) is 5.84 Å². The van der Waals surface area contributed by atoms with Crippen LogP contribution in [0.2, 0.25) is 5.02 Å². The molecule has 1 unspecified atom stereocenters. The van der Waals surface area contributed by atoms with Gasteiger partial charge >= 0.3 is 0 Å². The maximum atomic E-state index is 6.00. The number of hydrazine groups is 1. The van der Waals surface area contributed by atoms with Crippen LogP contribution in [0, 0.1) is 3.57 Å². The lowest BCUT2D eigenvalue weighted by Crippen LogP contribution is -2.29. The first-order chi connectivity index (χ1) is 8.69. The highest BCUT2D eigenvalue weighted by Gasteiger charge is 2.10. The zero-order valence-corrected chi connectivity index (χ0v) is 12.6. The van der Waals surface area contributed by atoms with Crippen LogP contribution in [0.15, 0.2) is 48.5 Å². The van der Waals surface area contributed by atoms with Crippen LogP contribution in [0.4, 0.5) is 0 Å². The summed E-state index contributed by atoms with van der Waals surface area (Å²) in [6, 6.07) is 16.3. The number of hydrogen-bond donors (Lipinski definition) is 2. The Labute approximate surface area is 126 Å². The highest BCUT2D eigenvalue weighted by Crippen LogP contribution is 2.21. The number of halogens is 2. The van der Waals surface area contributed by atoms with Gasteiger partial charge in [0.05, 0.1) is 6.04 Å². The molecule has 0 heterocycles. The van der Waals surface area contributed by atoms with E-state index in [1.54, 1.807) is 0 Å². The maximum Gasteiger partial charge on any atom is 0.0500 e. The van der Waals surface area contributed by atoms with Crippen LogP contribution >= 0.6 is 34.2 Å². The Morgan fingerprint density at radius 1 is 1.17 bits per heavy atom. The predicted octanol–water partition coefficient (Wildman–Crippen LogP) is 3.69. The molecular formula is C14H14ClIN2. The van der Waals surface area contributed by atoms with Crippen molar-refractivity contribution < 1.29 is 0 Å². The van der Waals surface area contributed by atoms with Crippen LogP contribution in [0.5, 0.6) is 0 Å². The van der Waals surface area contributed by atoms with E-state index in [0.29, 0.717) is 0 Å². The SMILES string of the molecule is NNC(Cc1ccc(I)cc1)c1cccc(Cl)c1. The lowest BCUT2D eigenvalue weighted by molar-refractivity contribution is 0.552. The fourth-order valence-corrected chi connectivity index (χ4v) is 2.41. The third-order valence-electron chi connectivity index (χ3n) is 2.81. The summed E-state index contributed by atoms with van der Waals surface area (Å²) in [5.41, 5.74) is 5.20. The van der Waals surface area contributed by atoms with Gasteiger partial charge in [0, 0.05) is 8.59 Å². The van der Waals surface area contributed by atoms with Crippen LogP contribution in [-0.4, -0.2) is 0 Å². The molecule has 3 N–H and O–H groups in total. The van der Waals surface area contributed by atoms with E-state index in [9.17, 15) is 0 Å². The smallest absolute Gasteiger partial charge is 0.0500 e. The number of rotatable bonds is 4. The van der Waals surface area contributed by atoms with Crippen molar-refractivity contribution in [3.8, 4) is 0 Å². The summed E-state index contributed by atoms with van der Waals surface area (Å²) >= 11 is 8.30. The van der Waals surface area contributed by atoms with E-state index in [-0.39, 0.29) is 6.04 Å². The third kappa shape index (κ3) is 3.68. The molecule has 0 radical (unpaired) electrons. The quantitative estimate of drug-likeness (QED) is 0.488. The largest absolute Gasteiger partial charge is 0.271 e. The van der Waals surface area contributed by atoms with Gasteiger partial charge < -0.3 is 0 Å². The highest BCUT2D eigenvalue weighted by molar-refractivity contribution is 14.1. The number of hydrogen-bond acceptors (Lipinski definition) is 2. The van der Waals surface area contributed by atoms with E-state index in [0.717, 1.165) is 17.0 Å². The van der Waals surface area contributed by atoms with Crippen LogP contribution in [-0.2, 0) is 6.42 Å². The third-order valence-corrected chi connectivity index (χ3v) is 3.76. The zero-order valence-electron chi connectivity index (χ0n) is 9.74. The normalized spacial score (nSPS) is 12.4. The van der Waals surface area contributed by atoms with Gasteiger partial charge in [0.15, 0.2) is 0 Å². The molecule has 18 heavy (non-hydrogen) atoms. The molecule has 2 aromatic rings. The van der Waals surface area contributed by atoms with Gasteiger partial charge in [-0.25, -0.2) is 0 Å². The average molecular weight is 373 g/mol. The summed E-state index contributed by atoms with van der Waals surface area (Å²) < 4.78 is 1.23. The molecule has 0 saturated carbocycles. The minimum Gasteiger partial charge on any atom is -0.271 e. The Bertz CT molecular complexity index is 513. The van der Waals surface area contributed by atoms with Crippen molar-refractivity contribution in [2.75, 3.05) is 0 Å². The van der Waals surface area contributed by atoms with Gasteiger partial charge in [-0.1, -0.05) is 35.9 Å². The molecule has 2 nitrogen and oxygen atoms in total. The molecule has 0 aromatic heterocycles. The Morgan fingerprint density at radius 2 is 1.89 bits per heavy atom. The molecule has 0 aliphatic heterocycles. The van der Waals surface area contributed by atoms with Crippen molar-refractivity contribution in [1.82, 2.24) is 5.43 Å². The summed E-state index contributed by atoms with van der Waals surface area (Å²) in [4.78, 5) is 0. The molecule has 0 aliphatic rings. The molecule has 2 rings (SSSR count). The molecule has 0 amide bonds. The molecule has 94 valence electrons. The Morgan fingerprint density at radius 3 is 2.50 bits per heavy atom. The summed E-state index contributed by atoms with van der Waals surface area (Å²) in [5.74, 6) is 5.64. The molecule has 0 aliphatic carbocycles. The minimum absolute atomic E-state index is 0.0729. The van der Waals surface area contributed by atoms with Gasteiger partial charge in [-0.05, 0) is 64.4 Å². The van der Waals surface area contributed by atoms with Crippen LogP contribution in [0.25, 0.3) is 0 Å². The van der Waals surface area contributed by atoms with Crippen LogP contribution < -0.4 is 11.3 Å². The fraction of sp³-hybridized carbons (Fsp3) is 0.143. The van der Waals surface area contributed by atoms with E-state index in [2.05, 4.69) is 52.3 Å². The van der Waals surface area contributed by atoms with E-state index >= 15 is 0 Å². The lowest BCUT2D eigenvalue weighted by atomic mass is 9.99. The standard InChI is InChI=1S/C14H14ClIN2/c15-12-3-1-2-11(9-12)14(18-17)8-10-4-6-13(16)7-5-10/h1-7,9,14,18H,8,17H2. The second-order valence-electron chi connectivity index (χ2n) is 4.10. The highest BCUT2D eigenvalue weighted by atomic mass is 127. The van der Waals surface area contributed by atoms with E-state index in [4.69, 9.17) is 17.4 Å². The van der Waals surface area contributed by atoms with Gasteiger partial charge in [0.2, 0.25) is 0 Å². The zero-order chi connectivity index (χ0) is 13.0. The molecule has 1 atom stereocenters. The summed E-state index contributed by atoms with van der Waals surface area (Å²) in [7, 11) is 0. The molecule has 2 aromatic carbocycles. The fourth-order valence-electron chi connectivity index (χ4n) is 1.85. The maximum absolute atomic E-state index is 6.00. The molecular weight excluding hydrogens is 359 g/mol. The molecule has 0 fully saturated rings. The van der Waals surface area contributed by atoms with Crippen molar-refractivity contribution in [3.05, 3.63) is 68.3 Å². The molecule has 0 saturated heterocycles. The number of benzene rings is 2. The molecule has 0 spiro atoms. The van der Waals surface area contributed by atoms with Gasteiger partial charge in [-0.2, -0.15) is 0 Å². The van der Waals surface area contributed by atoms with E-state index in [1.807, 2.05) is 24.3 Å². The van der Waals surface area contributed by atoms with Gasteiger partial charge in [-0.3, -0.25) is 11.3 Å².